The standard InChI is InChI=1S/C62H45BN2/c1-61(2,3)34-26-29-51-46(30-34)48-31-35(62(4,5)6)32-50-58(48)64(51)52-24-15-25-53-56(52)63(50)57-54-42-22-13-11-18-38(42)37-17-8-10-21-41(37)47(54)33-49-45-28-27-44-40-20-9-7-16-36(40)39-19-12-14-23-43(39)55(44)59(45)65(53)60(49)57/h7-33H,1-6H3. The van der Waals surface area contributed by atoms with Gasteiger partial charge in [0, 0.05) is 43.8 Å². The Morgan fingerprint density at radius 2 is 0.815 bits per heavy atom. The fourth-order valence-corrected chi connectivity index (χ4v) is 12.8. The number of rotatable bonds is 0. The molecule has 2 nitrogen and oxygen atoms in total. The summed E-state index contributed by atoms with van der Waals surface area (Å²) >= 11 is 0. The van der Waals surface area contributed by atoms with Crippen molar-refractivity contribution in [1.29, 1.82) is 0 Å². The van der Waals surface area contributed by atoms with Crippen molar-refractivity contribution in [2.24, 2.45) is 0 Å². The van der Waals surface area contributed by atoms with Crippen molar-refractivity contribution in [2.75, 3.05) is 0 Å². The Morgan fingerprint density at radius 3 is 1.43 bits per heavy atom. The van der Waals surface area contributed by atoms with Gasteiger partial charge in [0.15, 0.2) is 0 Å². The average Bonchev–Trinajstić information content (AvgIpc) is 3.84. The quantitative estimate of drug-likeness (QED) is 0.106. The molecule has 3 heteroatoms. The lowest BCUT2D eigenvalue weighted by Gasteiger charge is -2.35. The fourth-order valence-electron chi connectivity index (χ4n) is 12.8. The molecular weight excluding hydrogens is 784 g/mol. The lowest BCUT2D eigenvalue weighted by molar-refractivity contribution is 0.590. The van der Waals surface area contributed by atoms with Crippen LogP contribution in [0.3, 0.4) is 0 Å². The summed E-state index contributed by atoms with van der Waals surface area (Å²) in [5.41, 5.74) is 14.7. The normalized spacial score (nSPS) is 13.7. The van der Waals surface area contributed by atoms with E-state index in [0.29, 0.717) is 0 Å². The molecule has 0 aliphatic carbocycles. The van der Waals surface area contributed by atoms with Gasteiger partial charge in [-0.3, -0.25) is 0 Å². The summed E-state index contributed by atoms with van der Waals surface area (Å²) in [7, 11) is 0. The number of nitrogens with zero attached hydrogens (tertiary/aromatic N) is 2. The monoisotopic (exact) mass is 828 g/mol. The molecular formula is C62H45BN2. The van der Waals surface area contributed by atoms with Crippen molar-refractivity contribution in [3.8, 4) is 11.4 Å². The number of benzene rings is 11. The van der Waals surface area contributed by atoms with E-state index in [1.165, 1.54) is 147 Å². The summed E-state index contributed by atoms with van der Waals surface area (Å²) in [5, 5.41) is 21.1. The van der Waals surface area contributed by atoms with Crippen LogP contribution in [0.1, 0.15) is 52.7 Å². The largest absolute Gasteiger partial charge is 0.310 e. The molecule has 0 saturated carbocycles. The highest BCUT2D eigenvalue weighted by Gasteiger charge is 2.43. The molecule has 306 valence electrons. The molecule has 2 aliphatic rings. The topological polar surface area (TPSA) is 9.86 Å². The third-order valence-corrected chi connectivity index (χ3v) is 15.7. The van der Waals surface area contributed by atoms with Gasteiger partial charge in [-0.1, -0.05) is 169 Å². The van der Waals surface area contributed by atoms with Gasteiger partial charge < -0.3 is 9.13 Å². The van der Waals surface area contributed by atoms with Crippen molar-refractivity contribution in [3.63, 3.8) is 0 Å². The maximum Gasteiger partial charge on any atom is 0.253 e. The smallest absolute Gasteiger partial charge is 0.253 e. The molecule has 0 amide bonds. The van der Waals surface area contributed by atoms with E-state index in [9.17, 15) is 0 Å². The number of hydrogen-bond donors (Lipinski definition) is 0. The van der Waals surface area contributed by atoms with E-state index in [2.05, 4.69) is 214 Å². The zero-order chi connectivity index (χ0) is 43.4. The van der Waals surface area contributed by atoms with Crippen molar-refractivity contribution >= 4 is 131 Å². The predicted octanol–water partition coefficient (Wildman–Crippen LogP) is 14.5. The highest BCUT2D eigenvalue weighted by atomic mass is 15.0. The minimum absolute atomic E-state index is 0.0127. The first kappa shape index (κ1) is 36.0. The lowest BCUT2D eigenvalue weighted by atomic mass is 9.33. The van der Waals surface area contributed by atoms with Crippen LogP contribution < -0.4 is 16.4 Å². The van der Waals surface area contributed by atoms with Crippen molar-refractivity contribution in [2.45, 2.75) is 52.4 Å². The van der Waals surface area contributed by atoms with Crippen molar-refractivity contribution < 1.29 is 0 Å². The van der Waals surface area contributed by atoms with Crippen LogP contribution in [0.4, 0.5) is 0 Å². The molecule has 0 spiro atoms. The number of fused-ring (bicyclic) bond motifs is 24. The molecule has 65 heavy (non-hydrogen) atoms. The predicted molar refractivity (Wildman–Crippen MR) is 282 cm³/mol. The Morgan fingerprint density at radius 1 is 0.323 bits per heavy atom. The van der Waals surface area contributed by atoms with Crippen LogP contribution in [0.25, 0.3) is 120 Å². The third kappa shape index (κ3) is 4.37. The van der Waals surface area contributed by atoms with Gasteiger partial charge in [0.05, 0.1) is 16.6 Å². The molecule has 0 bridgehead atoms. The van der Waals surface area contributed by atoms with Crippen molar-refractivity contribution in [3.05, 3.63) is 175 Å². The van der Waals surface area contributed by atoms with E-state index >= 15 is 0 Å². The molecule has 4 heterocycles. The summed E-state index contributed by atoms with van der Waals surface area (Å²) < 4.78 is 5.36. The molecule has 0 atom stereocenters. The maximum atomic E-state index is 2.72. The molecule has 0 fully saturated rings. The van der Waals surface area contributed by atoms with Crippen LogP contribution in [0.2, 0.25) is 0 Å². The van der Waals surface area contributed by atoms with Crippen LogP contribution >= 0.6 is 0 Å². The van der Waals surface area contributed by atoms with Crippen LogP contribution in [0, 0.1) is 0 Å². The first-order valence-electron chi connectivity index (χ1n) is 23.4. The summed E-state index contributed by atoms with van der Waals surface area (Å²) in [6.07, 6.45) is 0. The van der Waals surface area contributed by atoms with Gasteiger partial charge in [-0.25, -0.2) is 0 Å². The second-order valence-electron chi connectivity index (χ2n) is 21.2. The summed E-state index contributed by atoms with van der Waals surface area (Å²) in [6, 6.07) is 63.5. The number of aromatic nitrogens is 2. The Labute approximate surface area is 377 Å². The molecule has 15 rings (SSSR count). The first-order chi connectivity index (χ1) is 31.6. The van der Waals surface area contributed by atoms with Crippen LogP contribution in [0.5, 0.6) is 0 Å². The van der Waals surface area contributed by atoms with Crippen LogP contribution in [0.15, 0.2) is 164 Å². The van der Waals surface area contributed by atoms with Gasteiger partial charge in [0.2, 0.25) is 0 Å². The Bertz CT molecular complexity index is 4340. The fraction of sp³-hybridized carbons (Fsp3) is 0.129. The zero-order valence-electron chi connectivity index (χ0n) is 37.6. The highest BCUT2D eigenvalue weighted by Crippen LogP contribution is 2.48. The average molecular weight is 829 g/mol. The minimum atomic E-state index is -0.0656. The molecule has 0 N–H and O–H groups in total. The lowest BCUT2D eigenvalue weighted by Crippen LogP contribution is -2.59. The van der Waals surface area contributed by atoms with Crippen LogP contribution in [-0.2, 0) is 10.8 Å². The number of hydrogen-bond acceptors (Lipinski definition) is 0. The van der Waals surface area contributed by atoms with E-state index in [1.807, 2.05) is 0 Å². The Hall–Kier alpha value is -7.36. The SMILES string of the molecule is CC(C)(C)c1ccc2c(c1)c1cc(C(C)(C)C)cc3c1n2-c1cccc2c1B3c1c3c4ccccc4c4ccccc4c3cc3c4ccc5c6ccccc6c6ccccc6c5c4n-2c13. The van der Waals surface area contributed by atoms with E-state index in [4.69, 9.17) is 0 Å². The summed E-state index contributed by atoms with van der Waals surface area (Å²) in [4.78, 5) is 0. The molecule has 2 aliphatic heterocycles. The second kappa shape index (κ2) is 11.9. The van der Waals surface area contributed by atoms with Gasteiger partial charge in [-0.2, -0.15) is 0 Å². The molecule has 0 unspecified atom stereocenters. The van der Waals surface area contributed by atoms with E-state index in [-0.39, 0.29) is 17.5 Å². The van der Waals surface area contributed by atoms with Gasteiger partial charge in [-0.05, 0) is 134 Å². The highest BCUT2D eigenvalue weighted by molar-refractivity contribution is 7.02. The van der Waals surface area contributed by atoms with E-state index in [0.717, 1.165) is 0 Å². The molecule has 11 aromatic carbocycles. The van der Waals surface area contributed by atoms with Crippen molar-refractivity contribution in [1.82, 2.24) is 9.13 Å². The molecule has 0 saturated heterocycles. The summed E-state index contributed by atoms with van der Waals surface area (Å²) in [5.74, 6) is 0. The van der Waals surface area contributed by atoms with Gasteiger partial charge in [0.1, 0.15) is 0 Å². The Balaban J connectivity index is 1.25. The van der Waals surface area contributed by atoms with Crippen LogP contribution in [-0.4, -0.2) is 15.8 Å². The maximum absolute atomic E-state index is 2.72. The minimum Gasteiger partial charge on any atom is -0.310 e. The third-order valence-electron chi connectivity index (χ3n) is 15.7. The Kier molecular flexibility index (Phi) is 6.57. The first-order valence-corrected chi connectivity index (χ1v) is 23.4. The molecule has 2 aromatic heterocycles. The van der Waals surface area contributed by atoms with Gasteiger partial charge in [-0.15, -0.1) is 0 Å². The zero-order valence-corrected chi connectivity index (χ0v) is 37.6. The van der Waals surface area contributed by atoms with Gasteiger partial charge >= 0.3 is 0 Å². The molecule has 0 radical (unpaired) electrons. The summed E-state index contributed by atoms with van der Waals surface area (Å²) in [6.45, 7) is 14.2. The van der Waals surface area contributed by atoms with Gasteiger partial charge in [0.25, 0.3) is 6.71 Å². The van der Waals surface area contributed by atoms with E-state index in [1.54, 1.807) is 0 Å². The van der Waals surface area contributed by atoms with E-state index < -0.39 is 0 Å². The second-order valence-corrected chi connectivity index (χ2v) is 21.2. The molecule has 13 aromatic rings.